The van der Waals surface area contributed by atoms with Crippen molar-refractivity contribution in [1.29, 1.82) is 0 Å². The lowest BCUT2D eigenvalue weighted by Gasteiger charge is -2.11. The molecule has 132 valence electrons. The lowest BCUT2D eigenvalue weighted by molar-refractivity contribution is 0.0998. The molecule has 0 atom stereocenters. The molecule has 0 spiro atoms. The molecular weight excluding hydrogens is 346 g/mol. The van der Waals surface area contributed by atoms with Crippen LogP contribution in [-0.2, 0) is 10.0 Å². The van der Waals surface area contributed by atoms with Crippen LogP contribution in [0.5, 0.6) is 5.75 Å². The lowest BCUT2D eigenvalue weighted by Crippen LogP contribution is -2.20. The first-order valence-electron chi connectivity index (χ1n) is 7.11. The van der Waals surface area contributed by atoms with E-state index in [1.807, 2.05) is 0 Å². The number of anilines is 1. The fourth-order valence-corrected chi connectivity index (χ4v) is 2.98. The van der Waals surface area contributed by atoms with Gasteiger partial charge in [0.15, 0.2) is 0 Å². The van der Waals surface area contributed by atoms with Gasteiger partial charge in [-0.2, -0.15) is 0 Å². The third-order valence-electron chi connectivity index (χ3n) is 3.41. The number of benzene rings is 2. The normalized spacial score (nSPS) is 11.0. The van der Waals surface area contributed by atoms with Crippen molar-refractivity contribution >= 4 is 27.5 Å². The fraction of sp³-hybridized carbons (Fsp3) is 0.125. The van der Waals surface area contributed by atoms with Crippen molar-refractivity contribution in [3.05, 3.63) is 53.6 Å². The molecule has 0 radical (unpaired) electrons. The minimum Gasteiger partial charge on any atom is -0.495 e. The molecule has 8 nitrogen and oxygen atoms in total. The number of primary amides is 1. The van der Waals surface area contributed by atoms with Crippen LogP contribution < -0.4 is 20.5 Å². The van der Waals surface area contributed by atoms with Gasteiger partial charge in [-0.25, -0.2) is 13.1 Å². The second-order valence-electron chi connectivity index (χ2n) is 4.97. The summed E-state index contributed by atoms with van der Waals surface area (Å²) in [6, 6.07) is 10.1. The standard InChI is InChI=1S/C16H17N3O5S/c1-18-25(22,23)14-9-11(5-8-13(14)24-2)16(21)19-12-6-3-10(4-7-12)15(17)20/h3-9,18H,1-2H3,(H2,17,20)(H,19,21). The van der Waals surface area contributed by atoms with E-state index in [1.165, 1.54) is 56.6 Å². The van der Waals surface area contributed by atoms with Gasteiger partial charge in [0.25, 0.3) is 5.91 Å². The Hall–Kier alpha value is -2.91. The second-order valence-corrected chi connectivity index (χ2v) is 6.82. The van der Waals surface area contributed by atoms with Gasteiger partial charge >= 0.3 is 0 Å². The molecular formula is C16H17N3O5S. The number of hydrogen-bond acceptors (Lipinski definition) is 5. The average Bonchev–Trinajstić information content (AvgIpc) is 2.61. The molecule has 0 aliphatic rings. The van der Waals surface area contributed by atoms with Crippen molar-refractivity contribution < 1.29 is 22.7 Å². The Morgan fingerprint density at radius 1 is 1.04 bits per heavy atom. The molecule has 9 heteroatoms. The molecule has 2 amide bonds. The number of nitrogens with two attached hydrogens (primary N) is 1. The van der Waals surface area contributed by atoms with E-state index >= 15 is 0 Å². The van der Waals surface area contributed by atoms with Crippen LogP contribution in [-0.4, -0.2) is 34.4 Å². The van der Waals surface area contributed by atoms with Crippen LogP contribution in [0.4, 0.5) is 5.69 Å². The molecule has 0 aromatic heterocycles. The maximum absolute atomic E-state index is 12.3. The van der Waals surface area contributed by atoms with Gasteiger partial charge < -0.3 is 15.8 Å². The Bertz CT molecular complexity index is 908. The van der Waals surface area contributed by atoms with Crippen molar-refractivity contribution in [1.82, 2.24) is 4.72 Å². The summed E-state index contributed by atoms with van der Waals surface area (Å²) in [4.78, 5) is 23.2. The zero-order valence-electron chi connectivity index (χ0n) is 13.6. The molecule has 4 N–H and O–H groups in total. The van der Waals surface area contributed by atoms with Crippen LogP contribution in [0, 0.1) is 0 Å². The van der Waals surface area contributed by atoms with E-state index in [0.29, 0.717) is 11.3 Å². The van der Waals surface area contributed by atoms with Crippen LogP contribution in [0.3, 0.4) is 0 Å². The zero-order valence-corrected chi connectivity index (χ0v) is 14.4. The number of amides is 2. The highest BCUT2D eigenvalue weighted by Gasteiger charge is 2.20. The minimum atomic E-state index is -3.79. The Kier molecular flexibility index (Phi) is 5.40. The van der Waals surface area contributed by atoms with Gasteiger partial charge in [-0.15, -0.1) is 0 Å². The molecule has 0 aliphatic carbocycles. The van der Waals surface area contributed by atoms with Crippen LogP contribution in [0.2, 0.25) is 0 Å². The number of nitrogens with one attached hydrogen (secondary N) is 2. The first-order chi connectivity index (χ1) is 11.8. The monoisotopic (exact) mass is 363 g/mol. The van der Waals surface area contributed by atoms with E-state index in [0.717, 1.165) is 0 Å². The van der Waals surface area contributed by atoms with Crippen molar-refractivity contribution in [3.63, 3.8) is 0 Å². The summed E-state index contributed by atoms with van der Waals surface area (Å²) < 4.78 is 31.3. The summed E-state index contributed by atoms with van der Waals surface area (Å²) in [6.45, 7) is 0. The molecule has 0 bridgehead atoms. The molecule has 2 rings (SSSR count). The Labute approximate surface area is 145 Å². The van der Waals surface area contributed by atoms with Gasteiger partial charge in [0.1, 0.15) is 10.6 Å². The van der Waals surface area contributed by atoms with Gasteiger partial charge in [-0.1, -0.05) is 0 Å². The van der Waals surface area contributed by atoms with Crippen molar-refractivity contribution in [2.75, 3.05) is 19.5 Å². The minimum absolute atomic E-state index is 0.122. The Balaban J connectivity index is 2.30. The molecule has 0 aliphatic heterocycles. The van der Waals surface area contributed by atoms with Gasteiger partial charge in [0.05, 0.1) is 7.11 Å². The van der Waals surface area contributed by atoms with Crippen LogP contribution >= 0.6 is 0 Å². The van der Waals surface area contributed by atoms with Crippen molar-refractivity contribution in [2.24, 2.45) is 5.73 Å². The van der Waals surface area contributed by atoms with Gasteiger partial charge in [-0.3, -0.25) is 9.59 Å². The molecule has 2 aromatic carbocycles. The summed E-state index contributed by atoms with van der Waals surface area (Å²) in [5.41, 5.74) is 6.03. The molecule has 0 unspecified atom stereocenters. The van der Waals surface area contributed by atoms with Crippen LogP contribution in [0.1, 0.15) is 20.7 Å². The summed E-state index contributed by atoms with van der Waals surface area (Å²) in [5, 5.41) is 2.61. The highest BCUT2D eigenvalue weighted by molar-refractivity contribution is 7.89. The molecule has 0 saturated carbocycles. The number of carbonyl (C=O) groups is 2. The fourth-order valence-electron chi connectivity index (χ4n) is 2.06. The SMILES string of the molecule is CNS(=O)(=O)c1cc(C(=O)Nc2ccc(C(N)=O)cc2)ccc1OC. The second kappa shape index (κ2) is 7.32. The van der Waals surface area contributed by atoms with E-state index in [4.69, 9.17) is 10.5 Å². The first kappa shape index (κ1) is 18.4. The zero-order chi connectivity index (χ0) is 18.6. The van der Waals surface area contributed by atoms with E-state index in [9.17, 15) is 18.0 Å². The summed E-state index contributed by atoms with van der Waals surface area (Å²) in [7, 11) is -1.19. The number of methoxy groups -OCH3 is 1. The van der Waals surface area contributed by atoms with E-state index in [-0.39, 0.29) is 16.2 Å². The molecule has 0 heterocycles. The maximum Gasteiger partial charge on any atom is 0.255 e. The third kappa shape index (κ3) is 4.14. The maximum atomic E-state index is 12.3. The van der Waals surface area contributed by atoms with Crippen LogP contribution in [0.15, 0.2) is 47.4 Å². The summed E-state index contributed by atoms with van der Waals surface area (Å²) in [6.07, 6.45) is 0. The predicted octanol–water partition coefficient (Wildman–Crippen LogP) is 0.954. The molecule has 2 aromatic rings. The topological polar surface area (TPSA) is 128 Å². The quantitative estimate of drug-likeness (QED) is 0.704. The smallest absolute Gasteiger partial charge is 0.255 e. The number of carbonyl (C=O) groups excluding carboxylic acids is 2. The number of rotatable bonds is 6. The Morgan fingerprint density at radius 3 is 2.16 bits per heavy atom. The highest BCUT2D eigenvalue weighted by atomic mass is 32.2. The molecule has 25 heavy (non-hydrogen) atoms. The van der Waals surface area contributed by atoms with Crippen molar-refractivity contribution in [2.45, 2.75) is 4.90 Å². The average molecular weight is 363 g/mol. The third-order valence-corrected chi connectivity index (χ3v) is 4.85. The van der Waals surface area contributed by atoms with Gasteiger partial charge in [-0.05, 0) is 49.5 Å². The molecule has 0 saturated heterocycles. The number of sulfonamides is 1. The van der Waals surface area contributed by atoms with Gasteiger partial charge in [0, 0.05) is 16.8 Å². The Morgan fingerprint density at radius 2 is 1.64 bits per heavy atom. The van der Waals surface area contributed by atoms with E-state index < -0.39 is 21.8 Å². The highest BCUT2D eigenvalue weighted by Crippen LogP contribution is 2.25. The van der Waals surface area contributed by atoms with Crippen LogP contribution in [0.25, 0.3) is 0 Å². The number of ether oxygens (including phenoxy) is 1. The summed E-state index contributed by atoms with van der Waals surface area (Å²) >= 11 is 0. The van der Waals surface area contributed by atoms with Crippen molar-refractivity contribution in [3.8, 4) is 5.75 Å². The van der Waals surface area contributed by atoms with Gasteiger partial charge in [0.2, 0.25) is 15.9 Å². The van der Waals surface area contributed by atoms with E-state index in [1.54, 1.807) is 0 Å². The lowest BCUT2D eigenvalue weighted by atomic mass is 10.1. The van der Waals surface area contributed by atoms with E-state index in [2.05, 4.69) is 10.0 Å². The predicted molar refractivity (Wildman–Crippen MR) is 92.2 cm³/mol. The largest absolute Gasteiger partial charge is 0.495 e. The number of hydrogen-bond donors (Lipinski definition) is 3. The first-order valence-corrected chi connectivity index (χ1v) is 8.59. The molecule has 0 fully saturated rings. The summed E-state index contributed by atoms with van der Waals surface area (Å²) in [5.74, 6) is -0.964.